The molecule has 0 unspecified atom stereocenters. The van der Waals surface area contributed by atoms with Crippen LogP contribution in [0.5, 0.6) is 0 Å². The maximum Gasteiger partial charge on any atom is 0.356 e. The van der Waals surface area contributed by atoms with Gasteiger partial charge in [0.05, 0.1) is 5.69 Å². The van der Waals surface area contributed by atoms with E-state index in [9.17, 15) is 9.18 Å². The molecule has 0 bridgehead atoms. The molecule has 122 valence electrons. The molecule has 1 saturated heterocycles. The summed E-state index contributed by atoms with van der Waals surface area (Å²) in [5.41, 5.74) is 1.86. The van der Waals surface area contributed by atoms with Crippen molar-refractivity contribution in [1.82, 2.24) is 14.7 Å². The van der Waals surface area contributed by atoms with Gasteiger partial charge in [-0.05, 0) is 38.1 Å². The van der Waals surface area contributed by atoms with Crippen molar-refractivity contribution in [2.45, 2.75) is 25.8 Å². The van der Waals surface area contributed by atoms with Gasteiger partial charge in [0.2, 0.25) is 0 Å². The lowest BCUT2D eigenvalue weighted by molar-refractivity contribution is 0.0689. The number of piperidine rings is 1. The number of carboxylic acid groups (broad SMARTS) is 1. The fraction of sp³-hybridized carbons (Fsp3) is 0.412. The summed E-state index contributed by atoms with van der Waals surface area (Å²) in [6.07, 6.45) is 3.60. The first-order chi connectivity index (χ1) is 11.0. The summed E-state index contributed by atoms with van der Waals surface area (Å²) in [6.45, 7) is 2.66. The predicted octanol–water partition coefficient (Wildman–Crippen LogP) is 2.91. The topological polar surface area (TPSA) is 58.4 Å². The zero-order chi connectivity index (χ0) is 16.4. The lowest BCUT2D eigenvalue weighted by Gasteiger charge is -2.26. The predicted molar refractivity (Wildman–Crippen MR) is 84.7 cm³/mol. The fourth-order valence-electron chi connectivity index (χ4n) is 3.04. The van der Waals surface area contributed by atoms with Gasteiger partial charge in [-0.2, -0.15) is 5.10 Å². The van der Waals surface area contributed by atoms with Crippen LogP contribution in [0.1, 0.15) is 35.3 Å². The van der Waals surface area contributed by atoms with Crippen molar-refractivity contribution in [3.8, 4) is 11.3 Å². The number of hydrogen-bond acceptors (Lipinski definition) is 3. The Morgan fingerprint density at radius 2 is 2.00 bits per heavy atom. The minimum Gasteiger partial charge on any atom is -0.476 e. The first kappa shape index (κ1) is 15.7. The third-order valence-electron chi connectivity index (χ3n) is 4.29. The van der Waals surface area contributed by atoms with Crippen molar-refractivity contribution in [2.75, 3.05) is 13.1 Å². The number of benzene rings is 1. The zero-order valence-electron chi connectivity index (χ0n) is 13.1. The summed E-state index contributed by atoms with van der Waals surface area (Å²) in [4.78, 5) is 13.3. The second kappa shape index (κ2) is 6.50. The van der Waals surface area contributed by atoms with Crippen LogP contribution in [0.25, 0.3) is 11.3 Å². The maximum atomic E-state index is 14.4. The Labute approximate surface area is 134 Å². The summed E-state index contributed by atoms with van der Waals surface area (Å²) >= 11 is 0. The SMILES string of the molecule is Cn1nc(C(=O)O)cc1-c1ccc(CN2CCCCC2)c(F)c1. The Hall–Kier alpha value is -2.21. The highest BCUT2D eigenvalue weighted by Gasteiger charge is 2.16. The van der Waals surface area contributed by atoms with Crippen molar-refractivity contribution < 1.29 is 14.3 Å². The minimum absolute atomic E-state index is 0.0414. The van der Waals surface area contributed by atoms with Gasteiger partial charge < -0.3 is 5.11 Å². The molecule has 0 saturated carbocycles. The lowest BCUT2D eigenvalue weighted by atomic mass is 10.1. The molecule has 1 aromatic carbocycles. The van der Waals surface area contributed by atoms with Crippen molar-refractivity contribution in [2.24, 2.45) is 7.05 Å². The molecule has 2 aromatic rings. The summed E-state index contributed by atoms with van der Waals surface area (Å²) in [6, 6.07) is 6.53. The van der Waals surface area contributed by atoms with E-state index in [4.69, 9.17) is 5.11 Å². The number of hydrogen-bond donors (Lipinski definition) is 1. The van der Waals surface area contributed by atoms with Gasteiger partial charge in [0.15, 0.2) is 5.69 Å². The Kier molecular flexibility index (Phi) is 4.43. The average Bonchev–Trinajstić information content (AvgIpc) is 2.93. The smallest absolute Gasteiger partial charge is 0.356 e. The molecule has 1 fully saturated rings. The van der Waals surface area contributed by atoms with E-state index in [0.717, 1.165) is 13.1 Å². The number of halogens is 1. The molecule has 0 aliphatic carbocycles. The van der Waals surface area contributed by atoms with E-state index in [-0.39, 0.29) is 11.5 Å². The molecule has 6 heteroatoms. The van der Waals surface area contributed by atoms with Gasteiger partial charge in [-0.15, -0.1) is 0 Å². The van der Waals surface area contributed by atoms with E-state index in [1.165, 1.54) is 36.1 Å². The van der Waals surface area contributed by atoms with Gasteiger partial charge >= 0.3 is 5.97 Å². The van der Waals surface area contributed by atoms with E-state index in [1.54, 1.807) is 13.1 Å². The Bertz CT molecular complexity index is 721. The molecule has 3 rings (SSSR count). The standard InChI is InChI=1S/C17H20FN3O2/c1-20-16(10-15(19-20)17(22)23)12-5-6-13(14(18)9-12)11-21-7-3-2-4-8-21/h5-6,9-10H,2-4,7-8,11H2,1H3,(H,22,23). The van der Waals surface area contributed by atoms with Gasteiger partial charge in [0, 0.05) is 24.7 Å². The van der Waals surface area contributed by atoms with Gasteiger partial charge in [-0.3, -0.25) is 9.58 Å². The molecular weight excluding hydrogens is 297 g/mol. The number of nitrogens with zero attached hydrogens (tertiary/aromatic N) is 3. The second-order valence-electron chi connectivity index (χ2n) is 5.99. The lowest BCUT2D eigenvalue weighted by Crippen LogP contribution is -2.29. The first-order valence-electron chi connectivity index (χ1n) is 7.83. The molecule has 0 spiro atoms. The quantitative estimate of drug-likeness (QED) is 0.942. The Morgan fingerprint density at radius 3 is 2.61 bits per heavy atom. The van der Waals surface area contributed by atoms with Crippen molar-refractivity contribution in [3.63, 3.8) is 0 Å². The van der Waals surface area contributed by atoms with Crippen LogP contribution in [0.15, 0.2) is 24.3 Å². The van der Waals surface area contributed by atoms with Crippen LogP contribution in [0.3, 0.4) is 0 Å². The third-order valence-corrected chi connectivity index (χ3v) is 4.29. The highest BCUT2D eigenvalue weighted by atomic mass is 19.1. The molecule has 23 heavy (non-hydrogen) atoms. The van der Waals surface area contributed by atoms with Gasteiger partial charge in [0.25, 0.3) is 0 Å². The van der Waals surface area contributed by atoms with Crippen LogP contribution >= 0.6 is 0 Å². The molecule has 0 atom stereocenters. The number of aromatic carboxylic acids is 1. The molecule has 0 amide bonds. The van der Waals surface area contributed by atoms with Crippen LogP contribution in [0.4, 0.5) is 4.39 Å². The minimum atomic E-state index is -1.09. The largest absolute Gasteiger partial charge is 0.476 e. The number of carbonyl (C=O) groups is 1. The van der Waals surface area contributed by atoms with E-state index < -0.39 is 5.97 Å². The van der Waals surface area contributed by atoms with Gasteiger partial charge in [-0.25, -0.2) is 9.18 Å². The molecule has 0 radical (unpaired) electrons. The number of likely N-dealkylation sites (tertiary alicyclic amines) is 1. The first-order valence-corrected chi connectivity index (χ1v) is 7.83. The highest BCUT2D eigenvalue weighted by Crippen LogP contribution is 2.24. The number of aryl methyl sites for hydroxylation is 1. The fourth-order valence-corrected chi connectivity index (χ4v) is 3.04. The number of carboxylic acids is 1. The molecule has 1 N–H and O–H groups in total. The van der Waals surface area contributed by atoms with Crippen LogP contribution in [-0.4, -0.2) is 38.8 Å². The van der Waals surface area contributed by atoms with E-state index in [0.29, 0.717) is 23.4 Å². The summed E-state index contributed by atoms with van der Waals surface area (Å²) in [7, 11) is 1.65. The van der Waals surface area contributed by atoms with Gasteiger partial charge in [0.1, 0.15) is 5.82 Å². The van der Waals surface area contributed by atoms with Crippen molar-refractivity contribution in [3.05, 3.63) is 41.3 Å². The summed E-state index contributed by atoms with van der Waals surface area (Å²) in [5, 5.41) is 12.9. The van der Waals surface area contributed by atoms with Crippen LogP contribution in [0.2, 0.25) is 0 Å². The summed E-state index contributed by atoms with van der Waals surface area (Å²) < 4.78 is 15.9. The number of rotatable bonds is 4. The van der Waals surface area contributed by atoms with E-state index in [2.05, 4.69) is 10.00 Å². The monoisotopic (exact) mass is 317 g/mol. The second-order valence-corrected chi connectivity index (χ2v) is 5.99. The van der Waals surface area contributed by atoms with Crippen molar-refractivity contribution >= 4 is 5.97 Å². The summed E-state index contributed by atoms with van der Waals surface area (Å²) in [5.74, 6) is -1.35. The van der Waals surface area contributed by atoms with Gasteiger partial charge in [-0.1, -0.05) is 18.6 Å². The molecule has 1 aromatic heterocycles. The van der Waals surface area contributed by atoms with Crippen molar-refractivity contribution in [1.29, 1.82) is 0 Å². The van der Waals surface area contributed by atoms with Crippen LogP contribution in [-0.2, 0) is 13.6 Å². The average molecular weight is 317 g/mol. The number of aromatic nitrogens is 2. The van der Waals surface area contributed by atoms with Crippen LogP contribution < -0.4 is 0 Å². The highest BCUT2D eigenvalue weighted by molar-refractivity contribution is 5.87. The maximum absolute atomic E-state index is 14.4. The normalized spacial score (nSPS) is 15.7. The molecule has 5 nitrogen and oxygen atoms in total. The Balaban J connectivity index is 1.82. The molecule has 1 aliphatic heterocycles. The third kappa shape index (κ3) is 3.42. The Morgan fingerprint density at radius 1 is 1.26 bits per heavy atom. The molecular formula is C17H20FN3O2. The van der Waals surface area contributed by atoms with E-state index >= 15 is 0 Å². The molecule has 1 aliphatic rings. The zero-order valence-corrected chi connectivity index (χ0v) is 13.1. The van der Waals surface area contributed by atoms with Crippen LogP contribution in [0, 0.1) is 5.82 Å². The molecule has 2 heterocycles. The van der Waals surface area contributed by atoms with E-state index in [1.807, 2.05) is 6.07 Å².